The summed E-state index contributed by atoms with van der Waals surface area (Å²) in [6, 6.07) is 14.7. The number of aromatic nitrogens is 4. The molecule has 1 fully saturated rings. The highest BCUT2D eigenvalue weighted by atomic mass is 16.2. The standard InChI is InChI=1S/C21H19N5O2/c27-18(16-8-4-5-11-22-16)25-12-9-21(14-25)10-13-26-19(28)17(23-24-20(21)26)15-6-2-1-3-7-15/h1-8,11H,9-10,12-14H2/t21-/m0/s1. The number of benzene rings is 1. The van der Waals surface area contributed by atoms with Crippen LogP contribution >= 0.6 is 0 Å². The van der Waals surface area contributed by atoms with Crippen molar-refractivity contribution in [3.63, 3.8) is 0 Å². The molecule has 1 amide bonds. The van der Waals surface area contributed by atoms with Crippen LogP contribution in [0.4, 0.5) is 0 Å². The number of fused-ring (bicyclic) bond motifs is 2. The lowest BCUT2D eigenvalue weighted by Crippen LogP contribution is -2.35. The third kappa shape index (κ3) is 2.54. The van der Waals surface area contributed by atoms with Crippen LogP contribution in [0.15, 0.2) is 59.5 Å². The van der Waals surface area contributed by atoms with E-state index in [1.165, 1.54) is 0 Å². The number of rotatable bonds is 2. The molecule has 0 bridgehead atoms. The number of likely N-dealkylation sites (tertiary alicyclic amines) is 1. The smallest absolute Gasteiger partial charge is 0.280 e. The Morgan fingerprint density at radius 3 is 2.54 bits per heavy atom. The Morgan fingerprint density at radius 2 is 1.75 bits per heavy atom. The Labute approximate surface area is 161 Å². The molecular weight excluding hydrogens is 354 g/mol. The van der Waals surface area contributed by atoms with Crippen LogP contribution in [0.25, 0.3) is 11.3 Å². The molecule has 7 nitrogen and oxygen atoms in total. The molecular formula is C21H19N5O2. The van der Waals surface area contributed by atoms with Crippen molar-refractivity contribution in [2.24, 2.45) is 0 Å². The van der Waals surface area contributed by atoms with Crippen molar-refractivity contribution in [1.29, 1.82) is 0 Å². The van der Waals surface area contributed by atoms with Gasteiger partial charge in [0.25, 0.3) is 11.5 Å². The summed E-state index contributed by atoms with van der Waals surface area (Å²) in [4.78, 5) is 31.8. The Balaban J connectivity index is 1.47. The molecule has 1 saturated heterocycles. The summed E-state index contributed by atoms with van der Waals surface area (Å²) in [5.41, 5.74) is 1.18. The normalized spacial score (nSPS) is 20.5. The number of amides is 1. The van der Waals surface area contributed by atoms with E-state index in [0.29, 0.717) is 36.8 Å². The zero-order valence-corrected chi connectivity index (χ0v) is 15.3. The lowest BCUT2D eigenvalue weighted by atomic mass is 9.85. The van der Waals surface area contributed by atoms with Gasteiger partial charge in [-0.2, -0.15) is 0 Å². The van der Waals surface area contributed by atoms with Crippen molar-refractivity contribution in [3.8, 4) is 11.3 Å². The van der Waals surface area contributed by atoms with Crippen molar-refractivity contribution < 1.29 is 4.79 Å². The van der Waals surface area contributed by atoms with Crippen molar-refractivity contribution in [2.75, 3.05) is 13.1 Å². The molecule has 2 aliphatic rings. The van der Waals surface area contributed by atoms with Crippen LogP contribution in [0.2, 0.25) is 0 Å². The van der Waals surface area contributed by atoms with Gasteiger partial charge < -0.3 is 4.90 Å². The summed E-state index contributed by atoms with van der Waals surface area (Å²) < 4.78 is 1.74. The number of hydrogen-bond donors (Lipinski definition) is 0. The van der Waals surface area contributed by atoms with Crippen molar-refractivity contribution in [3.05, 3.63) is 76.6 Å². The summed E-state index contributed by atoms with van der Waals surface area (Å²) in [7, 11) is 0. The Kier molecular flexibility index (Phi) is 3.82. The van der Waals surface area contributed by atoms with Gasteiger partial charge in [0.15, 0.2) is 5.69 Å². The van der Waals surface area contributed by atoms with Gasteiger partial charge in [-0.3, -0.25) is 19.1 Å². The minimum absolute atomic E-state index is 0.0767. The molecule has 4 heterocycles. The first kappa shape index (κ1) is 16.8. The average molecular weight is 373 g/mol. The lowest BCUT2D eigenvalue weighted by Gasteiger charge is -2.22. The monoisotopic (exact) mass is 373 g/mol. The number of carbonyl (C=O) groups excluding carboxylic acids is 1. The molecule has 28 heavy (non-hydrogen) atoms. The fourth-order valence-corrected chi connectivity index (χ4v) is 4.32. The van der Waals surface area contributed by atoms with E-state index in [1.807, 2.05) is 41.3 Å². The van der Waals surface area contributed by atoms with Gasteiger partial charge in [-0.1, -0.05) is 36.4 Å². The predicted molar refractivity (Wildman–Crippen MR) is 103 cm³/mol. The molecule has 140 valence electrons. The lowest BCUT2D eigenvalue weighted by molar-refractivity contribution is 0.0777. The van der Waals surface area contributed by atoms with Crippen LogP contribution in [0, 0.1) is 0 Å². The van der Waals surface area contributed by atoms with Gasteiger partial charge in [-0.15, -0.1) is 10.2 Å². The predicted octanol–water partition coefficient (Wildman–Crippen LogP) is 1.89. The second-order valence-corrected chi connectivity index (χ2v) is 7.42. The Bertz CT molecular complexity index is 1100. The number of nitrogens with zero attached hydrogens (tertiary/aromatic N) is 5. The van der Waals surface area contributed by atoms with Crippen LogP contribution in [0.1, 0.15) is 29.2 Å². The maximum Gasteiger partial charge on any atom is 0.280 e. The Hall–Kier alpha value is -3.35. The highest BCUT2D eigenvalue weighted by molar-refractivity contribution is 5.92. The molecule has 0 radical (unpaired) electrons. The van der Waals surface area contributed by atoms with Gasteiger partial charge in [-0.05, 0) is 25.0 Å². The van der Waals surface area contributed by atoms with E-state index in [4.69, 9.17) is 0 Å². The molecule has 1 atom stereocenters. The maximum absolute atomic E-state index is 13.0. The fraction of sp³-hybridized carbons (Fsp3) is 0.286. The highest BCUT2D eigenvalue weighted by Crippen LogP contribution is 2.41. The summed E-state index contributed by atoms with van der Waals surface area (Å²) in [6.45, 7) is 1.78. The molecule has 1 spiro atoms. The first-order chi connectivity index (χ1) is 13.7. The summed E-state index contributed by atoms with van der Waals surface area (Å²) in [5, 5.41) is 8.73. The Morgan fingerprint density at radius 1 is 0.964 bits per heavy atom. The van der Waals surface area contributed by atoms with Gasteiger partial charge >= 0.3 is 0 Å². The third-order valence-corrected chi connectivity index (χ3v) is 5.81. The maximum atomic E-state index is 13.0. The van der Waals surface area contributed by atoms with E-state index >= 15 is 0 Å². The molecule has 5 rings (SSSR count). The quantitative estimate of drug-likeness (QED) is 0.685. The van der Waals surface area contributed by atoms with Crippen molar-refractivity contribution in [2.45, 2.75) is 24.8 Å². The van der Waals surface area contributed by atoms with E-state index in [0.717, 1.165) is 18.4 Å². The summed E-state index contributed by atoms with van der Waals surface area (Å²) in [6.07, 6.45) is 3.20. The number of carbonyl (C=O) groups is 1. The SMILES string of the molecule is O=C(c1ccccn1)N1CC[C@]2(CCn3c2nnc(-c2ccccc2)c3=O)C1. The summed E-state index contributed by atoms with van der Waals surface area (Å²) >= 11 is 0. The number of pyridine rings is 1. The minimum atomic E-state index is -0.300. The second kappa shape index (κ2) is 6.37. The van der Waals surface area contributed by atoms with Crippen LogP contribution in [-0.2, 0) is 12.0 Å². The summed E-state index contributed by atoms with van der Waals surface area (Å²) in [5.74, 6) is 0.626. The first-order valence-corrected chi connectivity index (χ1v) is 9.42. The van der Waals surface area contributed by atoms with Crippen LogP contribution < -0.4 is 5.56 Å². The van der Waals surface area contributed by atoms with Gasteiger partial charge in [0.05, 0.1) is 5.41 Å². The van der Waals surface area contributed by atoms with Gasteiger partial charge in [0.1, 0.15) is 11.5 Å². The molecule has 3 aromatic rings. The van der Waals surface area contributed by atoms with Crippen LogP contribution in [0.3, 0.4) is 0 Å². The topological polar surface area (TPSA) is 81.0 Å². The second-order valence-electron chi connectivity index (χ2n) is 7.42. The van der Waals surface area contributed by atoms with E-state index in [-0.39, 0.29) is 16.9 Å². The third-order valence-electron chi connectivity index (χ3n) is 5.81. The largest absolute Gasteiger partial charge is 0.336 e. The molecule has 7 heteroatoms. The van der Waals surface area contributed by atoms with Crippen LogP contribution in [0.5, 0.6) is 0 Å². The number of hydrogen-bond acceptors (Lipinski definition) is 5. The fourth-order valence-electron chi connectivity index (χ4n) is 4.32. The van der Waals surface area contributed by atoms with E-state index in [9.17, 15) is 9.59 Å². The average Bonchev–Trinajstić information content (AvgIpc) is 3.34. The molecule has 0 saturated carbocycles. The first-order valence-electron chi connectivity index (χ1n) is 9.42. The van der Waals surface area contributed by atoms with E-state index < -0.39 is 0 Å². The molecule has 0 aliphatic carbocycles. The van der Waals surface area contributed by atoms with E-state index in [2.05, 4.69) is 15.2 Å². The molecule has 0 N–H and O–H groups in total. The van der Waals surface area contributed by atoms with Crippen molar-refractivity contribution in [1.82, 2.24) is 24.6 Å². The van der Waals surface area contributed by atoms with E-state index in [1.54, 1.807) is 22.9 Å². The van der Waals surface area contributed by atoms with Gasteiger partial charge in [0.2, 0.25) is 0 Å². The minimum Gasteiger partial charge on any atom is -0.336 e. The molecule has 0 unspecified atom stereocenters. The zero-order valence-electron chi connectivity index (χ0n) is 15.3. The zero-order chi connectivity index (χ0) is 19.1. The van der Waals surface area contributed by atoms with Gasteiger partial charge in [-0.25, -0.2) is 0 Å². The van der Waals surface area contributed by atoms with Crippen molar-refractivity contribution >= 4 is 5.91 Å². The highest BCUT2D eigenvalue weighted by Gasteiger charge is 2.48. The molecule has 2 aliphatic heterocycles. The van der Waals surface area contributed by atoms with Crippen LogP contribution in [-0.4, -0.2) is 43.6 Å². The molecule has 1 aromatic carbocycles. The molecule has 2 aromatic heterocycles. The van der Waals surface area contributed by atoms with Gasteiger partial charge in [0, 0.05) is 31.4 Å².